The summed E-state index contributed by atoms with van der Waals surface area (Å²) in [7, 11) is 1.63. The molecule has 0 aliphatic rings. The molecular formula is C21H18N4O3S. The zero-order chi connectivity index (χ0) is 20.1. The van der Waals surface area contributed by atoms with Crippen molar-refractivity contribution in [3.8, 4) is 28.4 Å². The smallest absolute Gasteiger partial charge is 0.227 e. The molecular weight excluding hydrogens is 388 g/mol. The third kappa shape index (κ3) is 4.67. The molecule has 7 nitrogen and oxygen atoms in total. The maximum absolute atomic E-state index is 12.2. The van der Waals surface area contributed by atoms with Crippen LogP contribution in [0.25, 0.3) is 22.6 Å². The van der Waals surface area contributed by atoms with Gasteiger partial charge in [0.15, 0.2) is 5.13 Å². The Labute approximate surface area is 171 Å². The molecule has 0 fully saturated rings. The van der Waals surface area contributed by atoms with E-state index in [9.17, 15) is 4.79 Å². The van der Waals surface area contributed by atoms with Gasteiger partial charge in [-0.05, 0) is 24.3 Å². The fourth-order valence-electron chi connectivity index (χ4n) is 2.69. The Bertz CT molecular complexity index is 1090. The number of carbonyl (C=O) groups excluding carboxylic acids is 1. The third-order valence-corrected chi connectivity index (χ3v) is 4.96. The molecule has 0 saturated carbocycles. The maximum atomic E-state index is 12.2. The largest absolute Gasteiger partial charge is 0.497 e. The van der Waals surface area contributed by atoms with Gasteiger partial charge >= 0.3 is 0 Å². The van der Waals surface area contributed by atoms with Crippen LogP contribution >= 0.6 is 11.3 Å². The standard InChI is InChI=1S/C21H18N4O3S/c1-27-16-9-7-14(8-10-16)17-13-29-21(22-17)23-18(26)11-12-19-24-20(25-28-19)15-5-3-2-4-6-15/h2-10,13H,11-12H2,1H3,(H,22,23,26). The summed E-state index contributed by atoms with van der Waals surface area (Å²) in [6.45, 7) is 0. The van der Waals surface area contributed by atoms with Crippen molar-refractivity contribution in [3.05, 3.63) is 65.9 Å². The van der Waals surface area contributed by atoms with Gasteiger partial charge < -0.3 is 14.6 Å². The number of aryl methyl sites for hydroxylation is 1. The first-order valence-electron chi connectivity index (χ1n) is 8.99. The molecule has 29 heavy (non-hydrogen) atoms. The number of amides is 1. The second-order valence-corrected chi connectivity index (χ2v) is 7.05. The van der Waals surface area contributed by atoms with Gasteiger partial charge in [0.1, 0.15) is 5.75 Å². The van der Waals surface area contributed by atoms with Crippen LogP contribution in [0.3, 0.4) is 0 Å². The van der Waals surface area contributed by atoms with Gasteiger partial charge in [0.25, 0.3) is 0 Å². The van der Waals surface area contributed by atoms with Crippen molar-refractivity contribution in [1.29, 1.82) is 0 Å². The van der Waals surface area contributed by atoms with E-state index in [4.69, 9.17) is 9.26 Å². The van der Waals surface area contributed by atoms with Crippen LogP contribution in [-0.2, 0) is 11.2 Å². The molecule has 0 atom stereocenters. The quantitative estimate of drug-likeness (QED) is 0.488. The Hall–Kier alpha value is -3.52. The predicted octanol–water partition coefficient (Wildman–Crippen LogP) is 4.44. The number of nitrogens with one attached hydrogen (secondary N) is 1. The highest BCUT2D eigenvalue weighted by Crippen LogP contribution is 2.26. The van der Waals surface area contributed by atoms with Crippen molar-refractivity contribution in [1.82, 2.24) is 15.1 Å². The van der Waals surface area contributed by atoms with Gasteiger partial charge in [0.05, 0.1) is 12.8 Å². The summed E-state index contributed by atoms with van der Waals surface area (Å²) in [5.41, 5.74) is 2.64. The minimum absolute atomic E-state index is 0.153. The fourth-order valence-corrected chi connectivity index (χ4v) is 3.42. The van der Waals surface area contributed by atoms with Gasteiger partial charge in [0, 0.05) is 29.3 Å². The van der Waals surface area contributed by atoms with E-state index in [0.717, 1.165) is 22.6 Å². The number of methoxy groups -OCH3 is 1. The molecule has 0 radical (unpaired) electrons. The normalized spacial score (nSPS) is 10.7. The number of anilines is 1. The maximum Gasteiger partial charge on any atom is 0.227 e. The molecule has 2 heterocycles. The fraction of sp³-hybridized carbons (Fsp3) is 0.143. The number of hydrogen-bond acceptors (Lipinski definition) is 7. The lowest BCUT2D eigenvalue weighted by molar-refractivity contribution is -0.116. The van der Waals surface area contributed by atoms with Crippen molar-refractivity contribution in [2.75, 3.05) is 12.4 Å². The number of benzene rings is 2. The van der Waals surface area contributed by atoms with E-state index in [-0.39, 0.29) is 12.3 Å². The number of hydrogen-bond donors (Lipinski definition) is 1. The van der Waals surface area contributed by atoms with Gasteiger partial charge in [0.2, 0.25) is 17.6 Å². The van der Waals surface area contributed by atoms with Gasteiger partial charge in [-0.15, -0.1) is 11.3 Å². The van der Waals surface area contributed by atoms with Gasteiger partial charge in [-0.2, -0.15) is 4.98 Å². The molecule has 1 N–H and O–H groups in total. The Balaban J connectivity index is 1.32. The summed E-state index contributed by atoms with van der Waals surface area (Å²) in [5.74, 6) is 1.58. The van der Waals surface area contributed by atoms with E-state index in [0.29, 0.717) is 23.3 Å². The second kappa shape index (κ2) is 8.66. The summed E-state index contributed by atoms with van der Waals surface area (Å²) in [5, 5.41) is 9.23. The third-order valence-electron chi connectivity index (χ3n) is 4.20. The minimum atomic E-state index is -0.153. The molecule has 0 unspecified atom stereocenters. The highest BCUT2D eigenvalue weighted by molar-refractivity contribution is 7.14. The Kier molecular flexibility index (Phi) is 5.62. The topological polar surface area (TPSA) is 90.1 Å². The summed E-state index contributed by atoms with van der Waals surface area (Å²) in [6, 6.07) is 17.2. The van der Waals surface area contributed by atoms with Crippen LogP contribution in [0.2, 0.25) is 0 Å². The van der Waals surface area contributed by atoms with Crippen LogP contribution in [0.4, 0.5) is 5.13 Å². The number of aromatic nitrogens is 3. The van der Waals surface area contributed by atoms with E-state index >= 15 is 0 Å². The van der Waals surface area contributed by atoms with Crippen LogP contribution in [0.5, 0.6) is 5.75 Å². The van der Waals surface area contributed by atoms with Crippen molar-refractivity contribution >= 4 is 22.4 Å². The minimum Gasteiger partial charge on any atom is -0.497 e. The molecule has 146 valence electrons. The van der Waals surface area contributed by atoms with Gasteiger partial charge in [-0.25, -0.2) is 4.98 Å². The molecule has 2 aromatic carbocycles. The molecule has 0 bridgehead atoms. The van der Waals surface area contributed by atoms with Crippen LogP contribution in [0.15, 0.2) is 64.5 Å². The highest BCUT2D eigenvalue weighted by atomic mass is 32.1. The lowest BCUT2D eigenvalue weighted by Gasteiger charge is -2.01. The average molecular weight is 406 g/mol. The van der Waals surface area contributed by atoms with Gasteiger partial charge in [-0.3, -0.25) is 4.79 Å². The van der Waals surface area contributed by atoms with Crippen molar-refractivity contribution < 1.29 is 14.1 Å². The summed E-state index contributed by atoms with van der Waals surface area (Å²) >= 11 is 1.38. The van der Waals surface area contributed by atoms with E-state index in [2.05, 4.69) is 20.4 Å². The molecule has 2 aromatic heterocycles. The van der Waals surface area contributed by atoms with E-state index in [1.54, 1.807) is 7.11 Å². The number of rotatable bonds is 7. The summed E-state index contributed by atoms with van der Waals surface area (Å²) in [4.78, 5) is 21.0. The van der Waals surface area contributed by atoms with Crippen molar-refractivity contribution in [3.63, 3.8) is 0 Å². The second-order valence-electron chi connectivity index (χ2n) is 6.19. The van der Waals surface area contributed by atoms with Crippen molar-refractivity contribution in [2.24, 2.45) is 0 Å². The van der Waals surface area contributed by atoms with E-state index in [1.165, 1.54) is 11.3 Å². The number of ether oxygens (including phenoxy) is 1. The molecule has 8 heteroatoms. The first kappa shape index (κ1) is 18.8. The van der Waals surface area contributed by atoms with Gasteiger partial charge in [-0.1, -0.05) is 35.5 Å². The number of carbonyl (C=O) groups is 1. The Morgan fingerprint density at radius 3 is 2.62 bits per heavy atom. The highest BCUT2D eigenvalue weighted by Gasteiger charge is 2.12. The van der Waals surface area contributed by atoms with Crippen LogP contribution in [0, 0.1) is 0 Å². The summed E-state index contributed by atoms with van der Waals surface area (Å²) in [6.07, 6.45) is 0.594. The van der Waals surface area contributed by atoms with Crippen molar-refractivity contribution in [2.45, 2.75) is 12.8 Å². The zero-order valence-corrected chi connectivity index (χ0v) is 16.5. The SMILES string of the molecule is COc1ccc(-c2csc(NC(=O)CCc3nc(-c4ccccc4)no3)n2)cc1. The average Bonchev–Trinajstić information content (AvgIpc) is 3.43. The lowest BCUT2D eigenvalue weighted by atomic mass is 10.2. The summed E-state index contributed by atoms with van der Waals surface area (Å²) < 4.78 is 10.4. The zero-order valence-electron chi connectivity index (χ0n) is 15.7. The molecule has 0 aliphatic heterocycles. The Morgan fingerprint density at radius 1 is 1.07 bits per heavy atom. The first-order valence-corrected chi connectivity index (χ1v) is 9.87. The number of thiazole rings is 1. The van der Waals surface area contributed by atoms with Crippen LogP contribution in [0.1, 0.15) is 12.3 Å². The predicted molar refractivity (Wildman–Crippen MR) is 111 cm³/mol. The van der Waals surface area contributed by atoms with Crippen LogP contribution < -0.4 is 10.1 Å². The molecule has 0 aliphatic carbocycles. The van der Waals surface area contributed by atoms with E-state index < -0.39 is 0 Å². The molecule has 0 spiro atoms. The Morgan fingerprint density at radius 2 is 1.86 bits per heavy atom. The van der Waals surface area contributed by atoms with E-state index in [1.807, 2.05) is 60.0 Å². The molecule has 1 amide bonds. The molecule has 4 aromatic rings. The lowest BCUT2D eigenvalue weighted by Crippen LogP contribution is -2.12. The molecule has 0 saturated heterocycles. The monoisotopic (exact) mass is 406 g/mol. The molecule has 4 rings (SSSR count). The van der Waals surface area contributed by atoms with Crippen LogP contribution in [-0.4, -0.2) is 28.1 Å². The first-order chi connectivity index (χ1) is 14.2. The number of nitrogens with zero attached hydrogens (tertiary/aromatic N) is 3.